The average molecular weight is 714 g/mol. The molecule has 3 heterocycles. The molecule has 4 heteroatoms. The van der Waals surface area contributed by atoms with Gasteiger partial charge >= 0.3 is 0 Å². The number of rotatable bonds is 3. The van der Waals surface area contributed by atoms with Crippen molar-refractivity contribution < 1.29 is 4.79 Å². The Hall–Kier alpha value is -6.39. The zero-order valence-electron chi connectivity index (χ0n) is 32.2. The fourth-order valence-electron chi connectivity index (χ4n) is 9.08. The number of fused-ring (bicyclic) bond motifs is 11. The zero-order valence-corrected chi connectivity index (χ0v) is 32.2. The van der Waals surface area contributed by atoms with Crippen LogP contribution in [-0.4, -0.2) is 19.6 Å². The highest BCUT2D eigenvalue weighted by atomic mass is 16.2. The molecule has 10 rings (SSSR count). The quantitative estimate of drug-likeness (QED) is 0.179. The van der Waals surface area contributed by atoms with Crippen molar-refractivity contribution in [3.63, 3.8) is 0 Å². The van der Waals surface area contributed by atoms with E-state index >= 15 is 4.79 Å². The van der Waals surface area contributed by atoms with Crippen molar-refractivity contribution in [2.24, 2.45) is 0 Å². The van der Waals surface area contributed by atoms with Crippen LogP contribution in [0.4, 0.5) is 0 Å². The van der Waals surface area contributed by atoms with Gasteiger partial charge in [-0.3, -0.25) is 9.36 Å². The molecule has 0 bridgehead atoms. The molecule has 0 aliphatic carbocycles. The van der Waals surface area contributed by atoms with E-state index in [2.05, 4.69) is 172 Å². The van der Waals surface area contributed by atoms with Crippen LogP contribution >= 0.6 is 0 Å². The Morgan fingerprint density at radius 3 is 1.18 bits per heavy atom. The summed E-state index contributed by atoms with van der Waals surface area (Å²) in [7, 11) is 0. The van der Waals surface area contributed by atoms with Crippen LogP contribution in [0.1, 0.15) is 63.0 Å². The largest absolute Gasteiger partial charge is 0.309 e. The molecule has 10 aromatic rings. The molecule has 7 aromatic carbocycles. The second-order valence-electron chi connectivity index (χ2n) is 17.0. The Labute approximate surface area is 320 Å². The van der Waals surface area contributed by atoms with Crippen LogP contribution in [0.25, 0.3) is 76.8 Å². The molecule has 0 spiro atoms. The molecule has 0 saturated heterocycles. The molecule has 4 nitrogen and oxygen atoms in total. The third kappa shape index (κ3) is 4.80. The van der Waals surface area contributed by atoms with Crippen LogP contribution < -0.4 is 0 Å². The van der Waals surface area contributed by atoms with E-state index in [0.717, 1.165) is 55.2 Å². The van der Waals surface area contributed by atoms with Crippen molar-refractivity contribution in [2.75, 3.05) is 0 Å². The molecule has 0 aliphatic heterocycles. The molecule has 55 heavy (non-hydrogen) atoms. The molecular weight excluding hydrogens is 671 g/mol. The number of benzene rings is 7. The molecule has 0 unspecified atom stereocenters. The third-order valence-corrected chi connectivity index (χ3v) is 11.4. The minimum absolute atomic E-state index is 0.0382. The van der Waals surface area contributed by atoms with E-state index in [4.69, 9.17) is 0 Å². The Morgan fingerprint density at radius 2 is 0.782 bits per heavy atom. The summed E-state index contributed by atoms with van der Waals surface area (Å²) in [6, 6.07) is 53.4. The predicted octanol–water partition coefficient (Wildman–Crippen LogP) is 13.3. The standard InChI is InChI=1S/C51H43N3O/c1-50(2,3)37-30-41-45(47-43(37)35-26-16-18-28-39(35)52(47)33-22-12-8-13-23-33)46-42(54(41)49(55)32-20-10-7-11-21-32)31-38(51(4,5)6)44-36-27-17-19-29-40(36)53(48(44)46)34-24-14-9-15-25-34/h7-31H,1-6H3. The fourth-order valence-corrected chi connectivity index (χ4v) is 9.08. The minimum atomic E-state index is -0.236. The molecule has 0 N–H and O–H groups in total. The van der Waals surface area contributed by atoms with Gasteiger partial charge in [0.1, 0.15) is 0 Å². The number of hydrogen-bond acceptors (Lipinski definition) is 1. The van der Waals surface area contributed by atoms with Crippen molar-refractivity contribution >= 4 is 71.3 Å². The van der Waals surface area contributed by atoms with Gasteiger partial charge in [-0.25, -0.2) is 0 Å². The number of aromatic nitrogens is 3. The van der Waals surface area contributed by atoms with Gasteiger partial charge in [-0.2, -0.15) is 0 Å². The zero-order chi connectivity index (χ0) is 37.8. The fraction of sp³-hybridized carbons (Fsp3) is 0.157. The lowest BCUT2D eigenvalue weighted by atomic mass is 9.82. The normalized spacial score (nSPS) is 12.6. The van der Waals surface area contributed by atoms with E-state index in [-0.39, 0.29) is 16.7 Å². The third-order valence-electron chi connectivity index (χ3n) is 11.4. The number of carbonyl (C=O) groups is 1. The van der Waals surface area contributed by atoms with Gasteiger partial charge in [-0.15, -0.1) is 0 Å². The van der Waals surface area contributed by atoms with Crippen LogP contribution in [0.2, 0.25) is 0 Å². The molecule has 3 aromatic heterocycles. The first-order chi connectivity index (χ1) is 26.5. The van der Waals surface area contributed by atoms with Gasteiger partial charge in [-0.05, 0) is 82.6 Å². The molecule has 0 saturated carbocycles. The summed E-state index contributed by atoms with van der Waals surface area (Å²) >= 11 is 0. The maximum absolute atomic E-state index is 15.3. The Balaban J connectivity index is 1.60. The summed E-state index contributed by atoms with van der Waals surface area (Å²) in [5, 5.41) is 7.01. The Morgan fingerprint density at radius 1 is 0.418 bits per heavy atom. The van der Waals surface area contributed by atoms with E-state index in [1.165, 1.54) is 32.7 Å². The second kappa shape index (κ2) is 11.8. The Kier molecular flexibility index (Phi) is 7.12. The van der Waals surface area contributed by atoms with E-state index < -0.39 is 0 Å². The van der Waals surface area contributed by atoms with Gasteiger partial charge in [0.2, 0.25) is 0 Å². The van der Waals surface area contributed by atoms with Gasteiger partial charge in [0.25, 0.3) is 5.91 Å². The number of carbonyl (C=O) groups excluding carboxylic acids is 1. The van der Waals surface area contributed by atoms with Crippen LogP contribution in [0, 0.1) is 0 Å². The number of para-hydroxylation sites is 4. The van der Waals surface area contributed by atoms with Crippen LogP contribution in [0.3, 0.4) is 0 Å². The second-order valence-corrected chi connectivity index (χ2v) is 17.0. The molecule has 0 atom stereocenters. The highest BCUT2D eigenvalue weighted by Crippen LogP contribution is 2.50. The van der Waals surface area contributed by atoms with Crippen molar-refractivity contribution in [1.82, 2.24) is 13.7 Å². The van der Waals surface area contributed by atoms with Crippen molar-refractivity contribution in [1.29, 1.82) is 0 Å². The topological polar surface area (TPSA) is 31.9 Å². The summed E-state index contributed by atoms with van der Waals surface area (Å²) < 4.78 is 6.92. The van der Waals surface area contributed by atoms with Crippen molar-refractivity contribution in [2.45, 2.75) is 52.4 Å². The molecule has 0 aliphatic rings. The van der Waals surface area contributed by atoms with Gasteiger partial charge in [0, 0.05) is 49.3 Å². The van der Waals surface area contributed by atoms with E-state index in [0.29, 0.717) is 5.56 Å². The highest BCUT2D eigenvalue weighted by molar-refractivity contribution is 6.35. The maximum Gasteiger partial charge on any atom is 0.262 e. The van der Waals surface area contributed by atoms with Gasteiger partial charge < -0.3 is 9.13 Å². The van der Waals surface area contributed by atoms with Crippen LogP contribution in [-0.2, 0) is 10.8 Å². The van der Waals surface area contributed by atoms with Gasteiger partial charge in [0.15, 0.2) is 0 Å². The smallest absolute Gasteiger partial charge is 0.262 e. The predicted molar refractivity (Wildman–Crippen MR) is 232 cm³/mol. The SMILES string of the molecule is CC(C)(C)c1cc2c(c3c(cc(C(C)(C)C)c4c5ccccc5n(-c5ccccc5)c43)n2C(=O)c2ccccc2)c2c1c1ccccc1n2-c1ccccc1. The van der Waals surface area contributed by atoms with Gasteiger partial charge in [0.05, 0.1) is 33.1 Å². The summed E-state index contributed by atoms with van der Waals surface area (Å²) in [5.74, 6) is -0.0382. The van der Waals surface area contributed by atoms with Crippen molar-refractivity contribution in [3.05, 3.63) is 168 Å². The molecule has 0 amide bonds. The van der Waals surface area contributed by atoms with Gasteiger partial charge in [-0.1, -0.05) is 133 Å². The molecule has 268 valence electrons. The number of nitrogens with zero attached hydrogens (tertiary/aromatic N) is 3. The molecular formula is C51H43N3O. The minimum Gasteiger partial charge on any atom is -0.309 e. The average Bonchev–Trinajstić information content (AvgIpc) is 3.83. The first-order valence-corrected chi connectivity index (χ1v) is 19.3. The van der Waals surface area contributed by atoms with E-state index in [1.54, 1.807) is 0 Å². The van der Waals surface area contributed by atoms with Crippen molar-refractivity contribution in [3.8, 4) is 11.4 Å². The highest BCUT2D eigenvalue weighted by Gasteiger charge is 2.33. The monoisotopic (exact) mass is 713 g/mol. The van der Waals surface area contributed by atoms with Crippen LogP contribution in [0.5, 0.6) is 0 Å². The lowest BCUT2D eigenvalue weighted by Gasteiger charge is -2.22. The first-order valence-electron chi connectivity index (χ1n) is 19.3. The summed E-state index contributed by atoms with van der Waals surface area (Å²) in [6.45, 7) is 13.7. The van der Waals surface area contributed by atoms with E-state index in [1.807, 2.05) is 34.9 Å². The summed E-state index contributed by atoms with van der Waals surface area (Å²) in [5.41, 5.74) is 11.1. The maximum atomic E-state index is 15.3. The lowest BCUT2D eigenvalue weighted by molar-refractivity contribution is 0.0969. The summed E-state index contributed by atoms with van der Waals surface area (Å²) in [4.78, 5) is 15.3. The van der Waals surface area contributed by atoms with E-state index in [9.17, 15) is 0 Å². The molecule has 0 radical (unpaired) electrons. The lowest BCUT2D eigenvalue weighted by Crippen LogP contribution is -2.15. The molecule has 0 fully saturated rings. The Bertz CT molecular complexity index is 2960. The number of hydrogen-bond donors (Lipinski definition) is 0. The first kappa shape index (κ1) is 33.2. The summed E-state index contributed by atoms with van der Waals surface area (Å²) in [6.07, 6.45) is 0. The van der Waals surface area contributed by atoms with Crippen LogP contribution in [0.15, 0.2) is 152 Å².